The second-order valence-corrected chi connectivity index (χ2v) is 5.24. The molecule has 0 unspecified atom stereocenters. The zero-order chi connectivity index (χ0) is 13.8. The molecular formula is C11H17NO4S. The molecule has 1 aromatic rings. The van der Waals surface area contributed by atoms with Crippen LogP contribution in [0.4, 0.5) is 5.69 Å². The summed E-state index contributed by atoms with van der Waals surface area (Å²) in [6.07, 6.45) is 1.50. The predicted octanol–water partition coefficient (Wildman–Crippen LogP) is 0.459. The number of quaternary nitrogens is 1. The first kappa shape index (κ1) is 15.8. The van der Waals surface area contributed by atoms with Crippen LogP contribution in [-0.2, 0) is 10.1 Å². The van der Waals surface area contributed by atoms with Crippen molar-refractivity contribution >= 4 is 22.1 Å². The Hall–Kier alpha value is -1.24. The fourth-order valence-corrected chi connectivity index (χ4v) is 1.29. The van der Waals surface area contributed by atoms with E-state index in [-0.39, 0.29) is 0 Å². The Morgan fingerprint density at radius 2 is 1.65 bits per heavy atom. The highest BCUT2D eigenvalue weighted by Crippen LogP contribution is 2.21. The Balaban J connectivity index is 0.000000437. The third kappa shape index (κ3) is 5.58. The molecule has 0 spiro atoms. The minimum atomic E-state index is -3.92. The van der Waals surface area contributed by atoms with E-state index in [4.69, 9.17) is 13.0 Å². The van der Waals surface area contributed by atoms with E-state index in [0.717, 1.165) is 34.2 Å². The quantitative estimate of drug-likeness (QED) is 0.584. The van der Waals surface area contributed by atoms with Gasteiger partial charge in [-0.3, -0.25) is 4.79 Å². The van der Waals surface area contributed by atoms with Crippen molar-refractivity contribution < 1.29 is 23.5 Å². The number of aldehydes is 1. The van der Waals surface area contributed by atoms with Gasteiger partial charge in [-0.25, -0.2) is 8.42 Å². The Labute approximate surface area is 101 Å². The lowest BCUT2D eigenvalue weighted by atomic mass is 9.99. The van der Waals surface area contributed by atoms with Crippen molar-refractivity contribution in [2.75, 3.05) is 6.26 Å². The molecule has 0 saturated heterocycles. The molecule has 0 aliphatic heterocycles. The molecule has 0 atom stereocenters. The smallest absolute Gasteiger partial charge is 0.150 e. The molecule has 1 aromatic carbocycles. The SMILES string of the molecule is CS(=O)(=O)[O-].Cc1cc(C=O)c(C)c(C)c1[NH3+]. The number of rotatable bonds is 1. The lowest BCUT2D eigenvalue weighted by Gasteiger charge is -2.06. The Morgan fingerprint density at radius 3 is 2.00 bits per heavy atom. The Kier molecular flexibility index (Phi) is 5.47. The number of carbonyl (C=O) groups excluding carboxylic acids is 1. The van der Waals surface area contributed by atoms with Crippen molar-refractivity contribution in [3.8, 4) is 0 Å². The summed E-state index contributed by atoms with van der Waals surface area (Å²) in [5.74, 6) is 0. The average molecular weight is 259 g/mol. The first-order valence-electron chi connectivity index (χ1n) is 4.86. The number of benzene rings is 1. The Morgan fingerprint density at radius 1 is 1.24 bits per heavy atom. The van der Waals surface area contributed by atoms with Crippen molar-refractivity contribution in [2.45, 2.75) is 20.8 Å². The van der Waals surface area contributed by atoms with Gasteiger partial charge in [-0.2, -0.15) is 0 Å². The number of carbonyl (C=O) groups is 1. The Bertz CT molecular complexity index is 513. The van der Waals surface area contributed by atoms with Crippen LogP contribution in [0, 0.1) is 20.8 Å². The van der Waals surface area contributed by atoms with Crippen molar-refractivity contribution in [2.24, 2.45) is 0 Å². The molecule has 3 N–H and O–H groups in total. The van der Waals surface area contributed by atoms with Crippen LogP contribution in [-0.4, -0.2) is 25.5 Å². The summed E-state index contributed by atoms with van der Waals surface area (Å²) in [4.78, 5) is 10.6. The van der Waals surface area contributed by atoms with Gasteiger partial charge in [0.1, 0.15) is 12.0 Å². The minimum absolute atomic E-state index is 0.604. The summed E-state index contributed by atoms with van der Waals surface area (Å²) in [6.45, 7) is 5.92. The summed E-state index contributed by atoms with van der Waals surface area (Å²) in [5.41, 5.74) is 9.00. The van der Waals surface area contributed by atoms with Gasteiger partial charge in [-0.05, 0) is 32.4 Å². The topological polar surface area (TPSA) is 102 Å². The zero-order valence-electron chi connectivity index (χ0n) is 10.4. The van der Waals surface area contributed by atoms with E-state index in [2.05, 4.69) is 5.73 Å². The van der Waals surface area contributed by atoms with Gasteiger partial charge < -0.3 is 10.3 Å². The summed E-state index contributed by atoms with van der Waals surface area (Å²) < 4.78 is 27.2. The molecule has 0 fully saturated rings. The van der Waals surface area contributed by atoms with E-state index in [0.29, 0.717) is 6.26 Å². The maximum absolute atomic E-state index is 10.6. The van der Waals surface area contributed by atoms with Gasteiger partial charge in [-0.1, -0.05) is 0 Å². The highest BCUT2D eigenvalue weighted by atomic mass is 32.2. The van der Waals surface area contributed by atoms with Crippen molar-refractivity contribution in [1.82, 2.24) is 0 Å². The molecule has 0 radical (unpaired) electrons. The lowest BCUT2D eigenvalue weighted by molar-refractivity contribution is -0.256. The first-order valence-corrected chi connectivity index (χ1v) is 6.68. The molecule has 0 bridgehead atoms. The molecule has 17 heavy (non-hydrogen) atoms. The molecule has 1 rings (SSSR count). The standard InChI is InChI=1S/C10H13NO.CH4O3S/c1-6-4-9(5-12)7(2)8(3)10(6)11;1-5(2,3)4/h4-5H,11H2,1-3H3;1H3,(H,2,3,4). The fourth-order valence-electron chi connectivity index (χ4n) is 1.29. The van der Waals surface area contributed by atoms with Crippen LogP contribution in [0.2, 0.25) is 0 Å². The zero-order valence-corrected chi connectivity index (χ0v) is 11.2. The molecule has 5 nitrogen and oxygen atoms in total. The second kappa shape index (κ2) is 5.90. The van der Waals surface area contributed by atoms with E-state index in [1.54, 1.807) is 0 Å². The predicted molar refractivity (Wildman–Crippen MR) is 64.2 cm³/mol. The molecule has 0 heterocycles. The van der Waals surface area contributed by atoms with Gasteiger partial charge in [0.05, 0.1) is 10.1 Å². The maximum Gasteiger partial charge on any atom is 0.150 e. The summed E-state index contributed by atoms with van der Waals surface area (Å²) in [5, 5.41) is 0. The third-order valence-corrected chi connectivity index (χ3v) is 2.42. The van der Waals surface area contributed by atoms with Crippen LogP contribution >= 0.6 is 0 Å². The summed E-state index contributed by atoms with van der Waals surface area (Å²) >= 11 is 0. The molecule has 0 aliphatic rings. The molecule has 0 amide bonds. The van der Waals surface area contributed by atoms with Crippen LogP contribution in [0.25, 0.3) is 0 Å². The van der Waals surface area contributed by atoms with Gasteiger partial charge in [-0.15, -0.1) is 0 Å². The molecule has 6 heteroatoms. The number of hydrogen-bond acceptors (Lipinski definition) is 4. The lowest BCUT2D eigenvalue weighted by Crippen LogP contribution is -2.42. The van der Waals surface area contributed by atoms with Crippen molar-refractivity contribution in [1.29, 1.82) is 0 Å². The van der Waals surface area contributed by atoms with Crippen LogP contribution in [0.1, 0.15) is 27.0 Å². The molecular weight excluding hydrogens is 242 g/mol. The average Bonchev–Trinajstić information content (AvgIpc) is 2.18. The first-order chi connectivity index (χ1) is 7.57. The van der Waals surface area contributed by atoms with Crippen LogP contribution in [0.5, 0.6) is 0 Å². The number of aryl methyl sites for hydroxylation is 1. The third-order valence-electron chi connectivity index (χ3n) is 2.42. The van der Waals surface area contributed by atoms with Gasteiger partial charge in [0.15, 0.2) is 0 Å². The summed E-state index contributed by atoms with van der Waals surface area (Å²) in [6, 6.07) is 1.89. The number of hydrogen-bond donors (Lipinski definition) is 1. The van der Waals surface area contributed by atoms with Crippen LogP contribution in [0.3, 0.4) is 0 Å². The minimum Gasteiger partial charge on any atom is -0.748 e. The van der Waals surface area contributed by atoms with Crippen molar-refractivity contribution in [3.63, 3.8) is 0 Å². The fraction of sp³-hybridized carbons (Fsp3) is 0.364. The van der Waals surface area contributed by atoms with Gasteiger partial charge in [0.25, 0.3) is 0 Å². The van der Waals surface area contributed by atoms with Crippen LogP contribution < -0.4 is 5.73 Å². The van der Waals surface area contributed by atoms with E-state index in [9.17, 15) is 4.79 Å². The molecule has 0 aromatic heterocycles. The molecule has 96 valence electrons. The van der Waals surface area contributed by atoms with Gasteiger partial charge in [0.2, 0.25) is 0 Å². The molecule has 0 saturated carbocycles. The molecule has 0 aliphatic carbocycles. The van der Waals surface area contributed by atoms with Gasteiger partial charge >= 0.3 is 0 Å². The van der Waals surface area contributed by atoms with Gasteiger partial charge in [0, 0.05) is 22.9 Å². The van der Waals surface area contributed by atoms with E-state index >= 15 is 0 Å². The van der Waals surface area contributed by atoms with E-state index < -0.39 is 10.1 Å². The summed E-state index contributed by atoms with van der Waals surface area (Å²) in [7, 11) is -3.92. The van der Waals surface area contributed by atoms with Crippen LogP contribution in [0.15, 0.2) is 6.07 Å². The normalized spacial score (nSPS) is 10.5. The largest absolute Gasteiger partial charge is 0.748 e. The van der Waals surface area contributed by atoms with E-state index in [1.807, 2.05) is 26.8 Å². The maximum atomic E-state index is 10.6. The van der Waals surface area contributed by atoms with E-state index in [1.165, 1.54) is 0 Å². The monoisotopic (exact) mass is 259 g/mol. The van der Waals surface area contributed by atoms with Crippen molar-refractivity contribution in [3.05, 3.63) is 28.3 Å². The second-order valence-electron chi connectivity index (χ2n) is 3.83. The highest BCUT2D eigenvalue weighted by Gasteiger charge is 2.08. The highest BCUT2D eigenvalue weighted by molar-refractivity contribution is 7.84.